The lowest BCUT2D eigenvalue weighted by Crippen LogP contribution is -2.03. The summed E-state index contributed by atoms with van der Waals surface area (Å²) in [6.07, 6.45) is 4.82. The lowest BCUT2D eigenvalue weighted by Gasteiger charge is -2.05. The first-order valence-corrected chi connectivity index (χ1v) is 5.33. The van der Waals surface area contributed by atoms with Gasteiger partial charge in [-0.25, -0.2) is 9.97 Å². The van der Waals surface area contributed by atoms with E-state index in [1.807, 2.05) is 6.07 Å². The largest absolute Gasteiger partial charge is 0.396 e. The number of aliphatic hydroxyl groups excluding tert-OH is 1. The molecule has 0 radical (unpaired) electrons. The van der Waals surface area contributed by atoms with E-state index in [-0.39, 0.29) is 6.61 Å². The molecule has 1 N–H and O–H groups in total. The maximum Gasteiger partial charge on any atom is 0.177 e. The summed E-state index contributed by atoms with van der Waals surface area (Å²) in [6.45, 7) is 0.149. The Morgan fingerprint density at radius 2 is 2.33 bits per heavy atom. The number of aromatic nitrogens is 3. The molecule has 4 nitrogen and oxygen atoms in total. The first kappa shape index (κ1) is 8.85. The lowest BCUT2D eigenvalue weighted by atomic mass is 10.4. The summed E-state index contributed by atoms with van der Waals surface area (Å²) in [7, 11) is 0. The number of nitrogens with zero attached hydrogens (tertiary/aromatic N) is 3. The van der Waals surface area contributed by atoms with Crippen LogP contribution in [0.5, 0.6) is 0 Å². The maximum atomic E-state index is 9.00. The Balaban J connectivity index is 2.19. The van der Waals surface area contributed by atoms with Crippen LogP contribution in [0.4, 0.5) is 0 Å². The number of imidazole rings is 1. The second-order valence-corrected chi connectivity index (χ2v) is 3.95. The van der Waals surface area contributed by atoms with E-state index >= 15 is 0 Å². The van der Waals surface area contributed by atoms with Crippen LogP contribution in [0.3, 0.4) is 0 Å². The zero-order chi connectivity index (χ0) is 10.3. The van der Waals surface area contributed by atoms with Crippen molar-refractivity contribution < 1.29 is 5.11 Å². The van der Waals surface area contributed by atoms with Crippen LogP contribution in [0, 0.1) is 0 Å². The molecular weight excluding hydrogens is 190 g/mol. The van der Waals surface area contributed by atoms with Crippen molar-refractivity contribution >= 4 is 11.2 Å². The maximum absolute atomic E-state index is 9.00. The molecule has 0 saturated heterocycles. The molecule has 15 heavy (non-hydrogen) atoms. The van der Waals surface area contributed by atoms with Crippen molar-refractivity contribution in [2.75, 3.05) is 6.61 Å². The summed E-state index contributed by atoms with van der Waals surface area (Å²) in [4.78, 5) is 8.70. The Morgan fingerprint density at radius 1 is 1.47 bits per heavy atom. The number of fused-ring (bicyclic) bond motifs is 1. The van der Waals surface area contributed by atoms with Crippen LogP contribution in [0.1, 0.15) is 24.7 Å². The van der Waals surface area contributed by atoms with E-state index in [0.29, 0.717) is 12.5 Å². The molecule has 0 unspecified atom stereocenters. The zero-order valence-electron chi connectivity index (χ0n) is 8.43. The second kappa shape index (κ2) is 3.31. The molecule has 78 valence electrons. The van der Waals surface area contributed by atoms with E-state index in [4.69, 9.17) is 5.11 Å². The predicted octanol–water partition coefficient (Wildman–Crippen LogP) is 1.30. The van der Waals surface area contributed by atoms with E-state index in [9.17, 15) is 0 Å². The van der Waals surface area contributed by atoms with Crippen molar-refractivity contribution in [1.82, 2.24) is 14.5 Å². The molecule has 1 aliphatic carbocycles. The Labute approximate surface area is 87.6 Å². The Hall–Kier alpha value is -1.42. The minimum Gasteiger partial charge on any atom is -0.396 e. The molecule has 3 rings (SSSR count). The number of pyridine rings is 1. The summed E-state index contributed by atoms with van der Waals surface area (Å²) >= 11 is 0. The van der Waals surface area contributed by atoms with E-state index in [2.05, 4.69) is 20.6 Å². The van der Waals surface area contributed by atoms with Crippen LogP contribution in [-0.4, -0.2) is 26.2 Å². The quantitative estimate of drug-likeness (QED) is 0.818. The van der Waals surface area contributed by atoms with Crippen LogP contribution in [-0.2, 0) is 6.42 Å². The third kappa shape index (κ3) is 1.41. The number of rotatable bonds is 3. The first-order valence-electron chi connectivity index (χ1n) is 5.33. The van der Waals surface area contributed by atoms with Gasteiger partial charge >= 0.3 is 0 Å². The highest BCUT2D eigenvalue weighted by atomic mass is 16.3. The normalized spacial score (nSPS) is 16.1. The molecule has 1 saturated carbocycles. The summed E-state index contributed by atoms with van der Waals surface area (Å²) < 4.78 is 2.23. The van der Waals surface area contributed by atoms with Crippen molar-refractivity contribution in [3.8, 4) is 0 Å². The van der Waals surface area contributed by atoms with Gasteiger partial charge in [0.15, 0.2) is 5.65 Å². The predicted molar refractivity (Wildman–Crippen MR) is 56.6 cm³/mol. The molecule has 0 aromatic carbocycles. The minimum absolute atomic E-state index is 0.149. The molecule has 2 aromatic rings. The number of aliphatic hydroxyl groups is 1. The van der Waals surface area contributed by atoms with Crippen LogP contribution in [0.2, 0.25) is 0 Å². The SMILES string of the molecule is OCCc1nc2ncccc2n1C1CC1. The summed E-state index contributed by atoms with van der Waals surface area (Å²) in [5.41, 5.74) is 1.90. The second-order valence-electron chi connectivity index (χ2n) is 3.95. The van der Waals surface area contributed by atoms with E-state index in [1.54, 1.807) is 6.20 Å². The van der Waals surface area contributed by atoms with Gasteiger partial charge in [-0.2, -0.15) is 0 Å². The van der Waals surface area contributed by atoms with Gasteiger partial charge in [0, 0.05) is 18.7 Å². The molecule has 0 bridgehead atoms. The highest BCUT2D eigenvalue weighted by Gasteiger charge is 2.27. The average Bonchev–Trinajstić information content (AvgIpc) is 3.01. The molecule has 0 atom stereocenters. The Morgan fingerprint density at radius 3 is 3.07 bits per heavy atom. The topological polar surface area (TPSA) is 50.9 Å². The molecule has 1 fully saturated rings. The zero-order valence-corrected chi connectivity index (χ0v) is 8.43. The molecule has 2 aromatic heterocycles. The van der Waals surface area contributed by atoms with Crippen LogP contribution in [0.15, 0.2) is 18.3 Å². The van der Waals surface area contributed by atoms with Gasteiger partial charge in [0.1, 0.15) is 5.82 Å². The third-order valence-electron chi connectivity index (χ3n) is 2.79. The fraction of sp³-hybridized carbons (Fsp3) is 0.455. The summed E-state index contributed by atoms with van der Waals surface area (Å²) in [5.74, 6) is 0.966. The Bertz CT molecular complexity index is 488. The molecule has 1 aliphatic rings. The van der Waals surface area contributed by atoms with Gasteiger partial charge in [0.05, 0.1) is 12.1 Å². The molecule has 4 heteroatoms. The summed E-state index contributed by atoms with van der Waals surface area (Å²) in [5, 5.41) is 9.00. The highest BCUT2D eigenvalue weighted by Crippen LogP contribution is 2.38. The molecule has 0 amide bonds. The lowest BCUT2D eigenvalue weighted by molar-refractivity contribution is 0.295. The number of hydrogen-bond acceptors (Lipinski definition) is 3. The van der Waals surface area contributed by atoms with E-state index < -0.39 is 0 Å². The van der Waals surface area contributed by atoms with Crippen molar-refractivity contribution in [3.05, 3.63) is 24.2 Å². The average molecular weight is 203 g/mol. The smallest absolute Gasteiger partial charge is 0.177 e. The van der Waals surface area contributed by atoms with Crippen molar-refractivity contribution in [1.29, 1.82) is 0 Å². The van der Waals surface area contributed by atoms with Gasteiger partial charge in [0.25, 0.3) is 0 Å². The number of hydrogen-bond donors (Lipinski definition) is 1. The van der Waals surface area contributed by atoms with Crippen LogP contribution >= 0.6 is 0 Å². The molecule has 0 aliphatic heterocycles. The summed E-state index contributed by atoms with van der Waals surface area (Å²) in [6, 6.07) is 4.57. The van der Waals surface area contributed by atoms with E-state index in [1.165, 1.54) is 12.8 Å². The molecular formula is C11H13N3O. The molecule has 2 heterocycles. The van der Waals surface area contributed by atoms with Crippen molar-refractivity contribution in [2.24, 2.45) is 0 Å². The highest BCUT2D eigenvalue weighted by molar-refractivity contribution is 5.71. The fourth-order valence-corrected chi connectivity index (χ4v) is 1.99. The van der Waals surface area contributed by atoms with Gasteiger partial charge in [0.2, 0.25) is 0 Å². The van der Waals surface area contributed by atoms with Gasteiger partial charge in [-0.3, -0.25) is 0 Å². The van der Waals surface area contributed by atoms with Crippen LogP contribution < -0.4 is 0 Å². The van der Waals surface area contributed by atoms with Gasteiger partial charge < -0.3 is 9.67 Å². The first-order chi connectivity index (χ1) is 7.40. The minimum atomic E-state index is 0.149. The van der Waals surface area contributed by atoms with Gasteiger partial charge in [-0.05, 0) is 25.0 Å². The monoisotopic (exact) mass is 203 g/mol. The Kier molecular flexibility index (Phi) is 1.95. The molecule has 0 spiro atoms. The fourth-order valence-electron chi connectivity index (χ4n) is 1.99. The van der Waals surface area contributed by atoms with Crippen LogP contribution in [0.25, 0.3) is 11.2 Å². The van der Waals surface area contributed by atoms with Crippen molar-refractivity contribution in [2.45, 2.75) is 25.3 Å². The third-order valence-corrected chi connectivity index (χ3v) is 2.79. The van der Waals surface area contributed by atoms with Crippen molar-refractivity contribution in [3.63, 3.8) is 0 Å². The van der Waals surface area contributed by atoms with Gasteiger partial charge in [-0.1, -0.05) is 0 Å². The standard InChI is InChI=1S/C11H13N3O/c15-7-5-10-13-11-9(2-1-6-12-11)14(10)8-3-4-8/h1-2,6,8,15H,3-5,7H2. The van der Waals surface area contributed by atoms with E-state index in [0.717, 1.165) is 17.0 Å². The van der Waals surface area contributed by atoms with Gasteiger partial charge in [-0.15, -0.1) is 0 Å².